The molecule has 0 aliphatic carbocycles. The average molecular weight is 225 g/mol. The van der Waals surface area contributed by atoms with Crippen LogP contribution in [0.1, 0.15) is 18.9 Å². The molecule has 0 aromatic heterocycles. The van der Waals surface area contributed by atoms with Gasteiger partial charge < -0.3 is 15.2 Å². The molecule has 0 amide bonds. The van der Waals surface area contributed by atoms with Gasteiger partial charge in [-0.1, -0.05) is 13.0 Å². The molecule has 1 fully saturated rings. The number of hydrogen-bond acceptors (Lipinski definition) is 3. The Balaban J connectivity index is 2.19. The lowest BCUT2D eigenvalue weighted by Crippen LogP contribution is -2.32. The van der Waals surface area contributed by atoms with Crippen LogP contribution in [0.5, 0.6) is 0 Å². The Morgan fingerprint density at radius 3 is 2.62 bits per heavy atom. The number of benzene rings is 1. The molecular weight excluding hydrogens is 209 g/mol. The van der Waals surface area contributed by atoms with E-state index in [4.69, 9.17) is 15.2 Å². The molecule has 0 unspecified atom stereocenters. The van der Waals surface area contributed by atoms with E-state index >= 15 is 0 Å². The fraction of sp³-hybridized carbons (Fsp3) is 0.500. The van der Waals surface area contributed by atoms with Crippen LogP contribution in [-0.4, -0.2) is 19.0 Å². The number of rotatable bonds is 3. The van der Waals surface area contributed by atoms with Gasteiger partial charge in [0.25, 0.3) is 0 Å². The number of hydrogen-bond donors (Lipinski definition) is 1. The molecule has 1 aliphatic rings. The smallest absolute Gasteiger partial charge is 0.172 e. The van der Waals surface area contributed by atoms with Crippen LogP contribution < -0.4 is 5.73 Å². The first-order chi connectivity index (χ1) is 7.65. The highest BCUT2D eigenvalue weighted by Crippen LogP contribution is 2.29. The number of anilines is 1. The van der Waals surface area contributed by atoms with E-state index in [1.807, 2.05) is 6.92 Å². The maximum Gasteiger partial charge on any atom is 0.172 e. The van der Waals surface area contributed by atoms with Crippen LogP contribution in [0, 0.1) is 5.82 Å². The second kappa shape index (κ2) is 4.39. The maximum atomic E-state index is 12.9. The van der Waals surface area contributed by atoms with Gasteiger partial charge in [-0.05, 0) is 24.1 Å². The third kappa shape index (κ3) is 2.18. The Morgan fingerprint density at radius 2 is 2.06 bits per heavy atom. The van der Waals surface area contributed by atoms with Crippen LogP contribution >= 0.6 is 0 Å². The highest BCUT2D eigenvalue weighted by Gasteiger charge is 2.35. The molecule has 0 saturated carbocycles. The average Bonchev–Trinajstić information content (AvgIpc) is 2.72. The topological polar surface area (TPSA) is 44.5 Å². The Morgan fingerprint density at radius 1 is 1.38 bits per heavy atom. The number of nitrogen functional groups attached to an aromatic ring is 1. The SMILES string of the molecule is CCC1(Cc2ccc(F)cc2N)OCCO1. The summed E-state index contributed by atoms with van der Waals surface area (Å²) in [5, 5.41) is 0. The minimum absolute atomic E-state index is 0.319. The van der Waals surface area contributed by atoms with Crippen LogP contribution in [0.3, 0.4) is 0 Å². The van der Waals surface area contributed by atoms with Gasteiger partial charge in [-0.3, -0.25) is 0 Å². The van der Waals surface area contributed by atoms with Crippen LogP contribution in [0.4, 0.5) is 10.1 Å². The van der Waals surface area contributed by atoms with Crippen molar-refractivity contribution in [3.05, 3.63) is 29.6 Å². The van der Waals surface area contributed by atoms with E-state index in [9.17, 15) is 4.39 Å². The Labute approximate surface area is 94.3 Å². The number of nitrogens with two attached hydrogens (primary N) is 1. The van der Waals surface area contributed by atoms with Crippen molar-refractivity contribution in [2.75, 3.05) is 18.9 Å². The van der Waals surface area contributed by atoms with Crippen molar-refractivity contribution in [3.8, 4) is 0 Å². The lowest BCUT2D eigenvalue weighted by atomic mass is 10.0. The van der Waals surface area contributed by atoms with Gasteiger partial charge >= 0.3 is 0 Å². The lowest BCUT2D eigenvalue weighted by Gasteiger charge is -2.26. The van der Waals surface area contributed by atoms with Gasteiger partial charge in [0.1, 0.15) is 5.82 Å². The van der Waals surface area contributed by atoms with Crippen molar-refractivity contribution in [3.63, 3.8) is 0 Å². The molecule has 88 valence electrons. The maximum absolute atomic E-state index is 12.9. The highest BCUT2D eigenvalue weighted by molar-refractivity contribution is 5.47. The summed E-state index contributed by atoms with van der Waals surface area (Å²) < 4.78 is 24.1. The molecule has 1 saturated heterocycles. The van der Waals surface area contributed by atoms with Gasteiger partial charge in [0.15, 0.2) is 5.79 Å². The highest BCUT2D eigenvalue weighted by atomic mass is 19.1. The molecule has 2 N–H and O–H groups in total. The zero-order chi connectivity index (χ0) is 11.6. The van der Waals surface area contributed by atoms with Gasteiger partial charge in [0.2, 0.25) is 0 Å². The molecule has 2 rings (SSSR count). The van der Waals surface area contributed by atoms with Gasteiger partial charge in [-0.2, -0.15) is 0 Å². The third-order valence-electron chi connectivity index (χ3n) is 2.92. The Bertz CT molecular complexity index is 375. The summed E-state index contributed by atoms with van der Waals surface area (Å²) in [5.41, 5.74) is 7.08. The van der Waals surface area contributed by atoms with Crippen molar-refractivity contribution in [1.29, 1.82) is 0 Å². The van der Waals surface area contributed by atoms with Gasteiger partial charge in [0, 0.05) is 12.1 Å². The monoisotopic (exact) mass is 225 g/mol. The fourth-order valence-corrected chi connectivity index (χ4v) is 1.95. The summed E-state index contributed by atoms with van der Waals surface area (Å²) in [6.07, 6.45) is 1.32. The Hall–Kier alpha value is -1.13. The summed E-state index contributed by atoms with van der Waals surface area (Å²) in [6, 6.07) is 4.42. The normalized spacial score (nSPS) is 18.9. The molecule has 4 heteroatoms. The van der Waals surface area contributed by atoms with Crippen LogP contribution in [-0.2, 0) is 15.9 Å². The summed E-state index contributed by atoms with van der Waals surface area (Å²) >= 11 is 0. The van der Waals surface area contributed by atoms with E-state index in [2.05, 4.69) is 0 Å². The number of ether oxygens (including phenoxy) is 2. The van der Waals surface area contributed by atoms with E-state index < -0.39 is 5.79 Å². The first kappa shape index (κ1) is 11.4. The number of halogens is 1. The molecule has 16 heavy (non-hydrogen) atoms. The van der Waals surface area contributed by atoms with Crippen molar-refractivity contribution in [2.45, 2.75) is 25.6 Å². The molecule has 0 atom stereocenters. The van der Waals surface area contributed by atoms with E-state index in [0.29, 0.717) is 25.3 Å². The zero-order valence-corrected chi connectivity index (χ0v) is 9.33. The predicted molar refractivity (Wildman–Crippen MR) is 59.4 cm³/mol. The van der Waals surface area contributed by atoms with Crippen molar-refractivity contribution in [2.24, 2.45) is 0 Å². The molecule has 0 spiro atoms. The molecule has 0 radical (unpaired) electrons. The first-order valence-corrected chi connectivity index (χ1v) is 5.47. The molecule has 3 nitrogen and oxygen atoms in total. The summed E-state index contributed by atoms with van der Waals surface area (Å²) in [4.78, 5) is 0. The van der Waals surface area contributed by atoms with Gasteiger partial charge in [-0.15, -0.1) is 0 Å². The molecule has 1 aromatic rings. The summed E-state index contributed by atoms with van der Waals surface area (Å²) in [6.45, 7) is 3.22. The second-order valence-electron chi connectivity index (χ2n) is 3.98. The van der Waals surface area contributed by atoms with Gasteiger partial charge in [-0.25, -0.2) is 4.39 Å². The third-order valence-corrected chi connectivity index (χ3v) is 2.92. The second-order valence-corrected chi connectivity index (χ2v) is 3.98. The lowest BCUT2D eigenvalue weighted by molar-refractivity contribution is -0.157. The fourth-order valence-electron chi connectivity index (χ4n) is 1.95. The largest absolute Gasteiger partial charge is 0.398 e. The van der Waals surface area contributed by atoms with Gasteiger partial charge in [0.05, 0.1) is 13.2 Å². The molecule has 1 aromatic carbocycles. The Kier molecular flexibility index (Phi) is 3.12. The van der Waals surface area contributed by atoms with Crippen LogP contribution in [0.25, 0.3) is 0 Å². The summed E-state index contributed by atoms with van der Waals surface area (Å²) in [5.74, 6) is -0.897. The van der Waals surface area contributed by atoms with E-state index in [1.165, 1.54) is 12.1 Å². The molecule has 0 bridgehead atoms. The first-order valence-electron chi connectivity index (χ1n) is 5.47. The zero-order valence-electron chi connectivity index (χ0n) is 9.33. The molecular formula is C12H16FNO2. The molecule has 1 aliphatic heterocycles. The predicted octanol–water partition coefficient (Wildman–Crippen LogP) is 2.10. The van der Waals surface area contributed by atoms with Crippen LogP contribution in [0.15, 0.2) is 18.2 Å². The van der Waals surface area contributed by atoms with E-state index in [-0.39, 0.29) is 5.82 Å². The van der Waals surface area contributed by atoms with E-state index in [0.717, 1.165) is 12.0 Å². The quantitative estimate of drug-likeness (QED) is 0.801. The summed E-state index contributed by atoms with van der Waals surface area (Å²) in [7, 11) is 0. The van der Waals surface area contributed by atoms with Crippen molar-refractivity contribution < 1.29 is 13.9 Å². The van der Waals surface area contributed by atoms with E-state index in [1.54, 1.807) is 6.07 Å². The molecule has 1 heterocycles. The van der Waals surface area contributed by atoms with Crippen molar-refractivity contribution >= 4 is 5.69 Å². The van der Waals surface area contributed by atoms with Crippen LogP contribution in [0.2, 0.25) is 0 Å². The standard InChI is InChI=1S/C12H16FNO2/c1-2-12(15-5-6-16-12)8-9-3-4-10(13)7-11(9)14/h3-4,7H,2,5-6,8,14H2,1H3. The van der Waals surface area contributed by atoms with Crippen molar-refractivity contribution in [1.82, 2.24) is 0 Å². The minimum atomic E-state index is -0.577. The minimum Gasteiger partial charge on any atom is -0.398 e.